The van der Waals surface area contributed by atoms with Gasteiger partial charge in [-0.3, -0.25) is 10.1 Å². The Labute approximate surface area is 83.1 Å². The van der Waals surface area contributed by atoms with Crippen molar-refractivity contribution < 1.29 is 10.0 Å². The predicted octanol–water partition coefficient (Wildman–Crippen LogP) is 1.88. The van der Waals surface area contributed by atoms with E-state index in [4.69, 9.17) is 0 Å². The normalized spacial score (nSPS) is 22.7. The van der Waals surface area contributed by atoms with Crippen molar-refractivity contribution in [1.29, 1.82) is 0 Å². The van der Waals surface area contributed by atoms with Crippen LogP contribution in [0.3, 0.4) is 0 Å². The molecule has 1 atom stereocenters. The largest absolute Gasteiger partial charge is 0.388 e. The lowest BCUT2D eigenvalue weighted by Crippen LogP contribution is -2.26. The van der Waals surface area contributed by atoms with Crippen LogP contribution in [0.15, 0.2) is 23.4 Å². The Balaban J connectivity index is 2.97. The first-order chi connectivity index (χ1) is 6.32. The van der Waals surface area contributed by atoms with Crippen LogP contribution >= 0.6 is 0 Å². The van der Waals surface area contributed by atoms with Crippen LogP contribution in [-0.4, -0.2) is 16.1 Å². The van der Waals surface area contributed by atoms with Crippen molar-refractivity contribution in [2.75, 3.05) is 0 Å². The first-order valence-corrected chi connectivity index (χ1v) is 4.56. The summed E-state index contributed by atoms with van der Waals surface area (Å²) in [6.45, 7) is 5.94. The third-order valence-corrected chi connectivity index (χ3v) is 2.32. The Morgan fingerprint density at radius 1 is 1.50 bits per heavy atom. The molecule has 1 aliphatic rings. The van der Waals surface area contributed by atoms with Crippen molar-refractivity contribution in [2.24, 2.45) is 5.41 Å². The average Bonchev–Trinajstić information content (AvgIpc) is 2.01. The minimum Gasteiger partial charge on any atom is -0.388 e. The van der Waals surface area contributed by atoms with Gasteiger partial charge < -0.3 is 5.11 Å². The van der Waals surface area contributed by atoms with E-state index >= 15 is 0 Å². The molecule has 4 nitrogen and oxygen atoms in total. The summed E-state index contributed by atoms with van der Waals surface area (Å²) in [6, 6.07) is 0. The Bertz CT molecular complexity index is 310. The summed E-state index contributed by atoms with van der Waals surface area (Å²) in [7, 11) is 0. The SMILES string of the molecule is CC(C)(C)C1=CC=C([N+](=O)[O-])CC1O. The number of aliphatic hydroxyl groups is 1. The standard InChI is InChI=1S/C10H15NO3/c1-10(2,3)8-5-4-7(11(13)14)6-9(8)12/h4-5,9,12H,6H2,1-3H3. The fraction of sp³-hybridized carbons (Fsp3) is 0.600. The van der Waals surface area contributed by atoms with Crippen molar-refractivity contribution in [3.8, 4) is 0 Å². The highest BCUT2D eigenvalue weighted by Gasteiger charge is 2.29. The molecule has 0 bridgehead atoms. The number of hydrogen-bond donors (Lipinski definition) is 1. The molecule has 14 heavy (non-hydrogen) atoms. The lowest BCUT2D eigenvalue weighted by atomic mass is 9.80. The number of aliphatic hydroxyl groups excluding tert-OH is 1. The zero-order valence-electron chi connectivity index (χ0n) is 8.65. The van der Waals surface area contributed by atoms with Gasteiger partial charge in [-0.25, -0.2) is 0 Å². The molecule has 0 aromatic rings. The molecule has 1 unspecified atom stereocenters. The molecule has 0 aliphatic heterocycles. The first-order valence-electron chi connectivity index (χ1n) is 4.56. The smallest absolute Gasteiger partial charge is 0.249 e. The van der Waals surface area contributed by atoms with E-state index in [0.717, 1.165) is 5.57 Å². The van der Waals surface area contributed by atoms with Gasteiger partial charge in [0.2, 0.25) is 5.70 Å². The first kappa shape index (κ1) is 10.9. The van der Waals surface area contributed by atoms with Gasteiger partial charge in [-0.1, -0.05) is 26.8 Å². The van der Waals surface area contributed by atoms with Crippen molar-refractivity contribution in [3.63, 3.8) is 0 Å². The van der Waals surface area contributed by atoms with E-state index in [1.54, 1.807) is 6.08 Å². The van der Waals surface area contributed by atoms with Gasteiger partial charge >= 0.3 is 0 Å². The van der Waals surface area contributed by atoms with E-state index < -0.39 is 11.0 Å². The summed E-state index contributed by atoms with van der Waals surface area (Å²) in [5.41, 5.74) is 0.784. The van der Waals surface area contributed by atoms with Crippen molar-refractivity contribution in [1.82, 2.24) is 0 Å². The van der Waals surface area contributed by atoms with Gasteiger partial charge in [0.15, 0.2) is 0 Å². The average molecular weight is 197 g/mol. The number of nitrogens with zero attached hydrogens (tertiary/aromatic N) is 1. The lowest BCUT2D eigenvalue weighted by molar-refractivity contribution is -0.429. The highest BCUT2D eigenvalue weighted by Crippen LogP contribution is 2.33. The molecule has 0 fully saturated rings. The van der Waals surface area contributed by atoms with E-state index in [9.17, 15) is 15.2 Å². The summed E-state index contributed by atoms with van der Waals surface area (Å²) < 4.78 is 0. The van der Waals surface area contributed by atoms with Crippen LogP contribution in [0.5, 0.6) is 0 Å². The molecule has 78 valence electrons. The van der Waals surface area contributed by atoms with Gasteiger partial charge in [-0.05, 0) is 11.0 Å². The van der Waals surface area contributed by atoms with Crippen LogP contribution < -0.4 is 0 Å². The fourth-order valence-electron chi connectivity index (χ4n) is 1.56. The monoisotopic (exact) mass is 197 g/mol. The predicted molar refractivity (Wildman–Crippen MR) is 53.2 cm³/mol. The van der Waals surface area contributed by atoms with E-state index in [1.807, 2.05) is 20.8 Å². The van der Waals surface area contributed by atoms with Crippen LogP contribution in [0.2, 0.25) is 0 Å². The summed E-state index contributed by atoms with van der Waals surface area (Å²) in [5, 5.41) is 20.2. The number of nitro groups is 1. The van der Waals surface area contributed by atoms with Crippen LogP contribution in [0.25, 0.3) is 0 Å². The van der Waals surface area contributed by atoms with E-state index in [-0.39, 0.29) is 17.5 Å². The number of hydrogen-bond acceptors (Lipinski definition) is 3. The van der Waals surface area contributed by atoms with Crippen molar-refractivity contribution in [3.05, 3.63) is 33.5 Å². The minimum atomic E-state index is -0.722. The molecule has 0 heterocycles. The fourth-order valence-corrected chi connectivity index (χ4v) is 1.56. The van der Waals surface area contributed by atoms with E-state index in [0.29, 0.717) is 0 Å². The van der Waals surface area contributed by atoms with E-state index in [2.05, 4.69) is 0 Å². The topological polar surface area (TPSA) is 63.4 Å². The van der Waals surface area contributed by atoms with Crippen molar-refractivity contribution in [2.45, 2.75) is 33.3 Å². The molecular formula is C10H15NO3. The second kappa shape index (κ2) is 3.53. The quantitative estimate of drug-likeness (QED) is 0.515. The van der Waals surface area contributed by atoms with Crippen LogP contribution in [0.1, 0.15) is 27.2 Å². The van der Waals surface area contributed by atoms with Crippen LogP contribution in [-0.2, 0) is 0 Å². The highest BCUT2D eigenvalue weighted by molar-refractivity contribution is 5.28. The molecule has 0 aromatic carbocycles. The maximum absolute atomic E-state index is 10.5. The zero-order valence-corrected chi connectivity index (χ0v) is 8.65. The maximum atomic E-state index is 10.5. The molecule has 0 saturated heterocycles. The second-order valence-electron chi connectivity index (χ2n) is 4.51. The van der Waals surface area contributed by atoms with Gasteiger partial charge in [-0.15, -0.1) is 0 Å². The molecule has 1 rings (SSSR count). The summed E-state index contributed by atoms with van der Waals surface area (Å²) >= 11 is 0. The zero-order chi connectivity index (χ0) is 10.9. The van der Waals surface area contributed by atoms with Gasteiger partial charge in [0.05, 0.1) is 17.4 Å². The Kier molecular flexibility index (Phi) is 2.76. The highest BCUT2D eigenvalue weighted by atomic mass is 16.6. The van der Waals surface area contributed by atoms with Crippen LogP contribution in [0, 0.1) is 15.5 Å². The molecule has 1 N–H and O–H groups in total. The van der Waals surface area contributed by atoms with Gasteiger partial charge in [-0.2, -0.15) is 0 Å². The van der Waals surface area contributed by atoms with Crippen LogP contribution in [0.4, 0.5) is 0 Å². The number of rotatable bonds is 1. The number of allylic oxidation sites excluding steroid dienone is 2. The third-order valence-electron chi connectivity index (χ3n) is 2.32. The Hall–Kier alpha value is -1.16. The lowest BCUT2D eigenvalue weighted by Gasteiger charge is -2.28. The van der Waals surface area contributed by atoms with E-state index in [1.165, 1.54) is 6.08 Å². The molecule has 4 heteroatoms. The van der Waals surface area contributed by atoms with Gasteiger partial charge in [0.1, 0.15) is 0 Å². The molecule has 0 amide bonds. The minimum absolute atomic E-state index is 0.0745. The second-order valence-corrected chi connectivity index (χ2v) is 4.51. The molecule has 1 aliphatic carbocycles. The Morgan fingerprint density at radius 2 is 2.07 bits per heavy atom. The summed E-state index contributed by atoms with van der Waals surface area (Å²) in [6.07, 6.45) is 2.52. The van der Waals surface area contributed by atoms with Gasteiger partial charge in [0, 0.05) is 6.08 Å². The molecule has 0 radical (unpaired) electrons. The molecule has 0 aromatic heterocycles. The maximum Gasteiger partial charge on any atom is 0.249 e. The Morgan fingerprint density at radius 3 is 2.43 bits per heavy atom. The molecule has 0 saturated carbocycles. The molecule has 0 spiro atoms. The third kappa shape index (κ3) is 2.20. The summed E-state index contributed by atoms with van der Waals surface area (Å²) in [5.74, 6) is 0. The summed E-state index contributed by atoms with van der Waals surface area (Å²) in [4.78, 5) is 10.0. The molecular weight excluding hydrogens is 182 g/mol. The van der Waals surface area contributed by atoms with Crippen molar-refractivity contribution >= 4 is 0 Å². The van der Waals surface area contributed by atoms with Gasteiger partial charge in [0.25, 0.3) is 0 Å².